The van der Waals surface area contributed by atoms with Gasteiger partial charge in [0.1, 0.15) is 5.75 Å². The lowest BCUT2D eigenvalue weighted by Gasteiger charge is -2.25. The van der Waals surface area contributed by atoms with E-state index in [-0.39, 0.29) is 18.1 Å². The smallest absolute Gasteiger partial charge is 0.319 e. The zero-order valence-electron chi connectivity index (χ0n) is 15.5. The molecule has 0 radical (unpaired) electrons. The number of amides is 3. The summed E-state index contributed by atoms with van der Waals surface area (Å²) >= 11 is 0. The molecule has 2 N–H and O–H groups in total. The number of nitro benzene ring substituents is 1. The van der Waals surface area contributed by atoms with Crippen molar-refractivity contribution in [3.05, 3.63) is 81.0 Å². The highest BCUT2D eigenvalue weighted by Gasteiger charge is 2.40. The minimum absolute atomic E-state index is 0.0536. The Bertz CT molecular complexity index is 1010. The third kappa shape index (κ3) is 3.49. The van der Waals surface area contributed by atoms with E-state index < -0.39 is 17.0 Å². The highest BCUT2D eigenvalue weighted by Crippen LogP contribution is 2.33. The van der Waals surface area contributed by atoms with Gasteiger partial charge in [0.2, 0.25) is 0 Å². The fourth-order valence-corrected chi connectivity index (χ4v) is 3.55. The predicted octanol–water partition coefficient (Wildman–Crippen LogP) is 2.25. The quantitative estimate of drug-likeness (QED) is 0.596. The Kier molecular flexibility index (Phi) is 4.63. The van der Waals surface area contributed by atoms with Gasteiger partial charge in [-0.05, 0) is 35.4 Å². The van der Waals surface area contributed by atoms with Crippen LogP contribution in [0.25, 0.3) is 0 Å². The summed E-state index contributed by atoms with van der Waals surface area (Å²) in [5, 5.41) is 16.3. The highest BCUT2D eigenvalue weighted by molar-refractivity contribution is 6.01. The van der Waals surface area contributed by atoms with Gasteiger partial charge >= 0.3 is 6.03 Å². The van der Waals surface area contributed by atoms with Gasteiger partial charge in [0.05, 0.1) is 35.9 Å². The number of urea groups is 1. The average Bonchev–Trinajstić information content (AvgIpc) is 3.03. The first-order valence-electron chi connectivity index (χ1n) is 8.93. The molecule has 0 bridgehead atoms. The molecule has 2 heterocycles. The molecule has 0 saturated heterocycles. The van der Waals surface area contributed by atoms with Crippen molar-refractivity contribution < 1.29 is 19.2 Å². The van der Waals surface area contributed by atoms with Gasteiger partial charge in [0, 0.05) is 18.7 Å². The normalized spacial score (nSPS) is 18.2. The van der Waals surface area contributed by atoms with Crippen LogP contribution in [0.1, 0.15) is 17.2 Å². The Morgan fingerprint density at radius 3 is 2.45 bits per heavy atom. The van der Waals surface area contributed by atoms with Crippen LogP contribution in [0, 0.1) is 10.1 Å². The largest absolute Gasteiger partial charge is 0.497 e. The van der Waals surface area contributed by atoms with Crippen LogP contribution in [-0.4, -0.2) is 35.4 Å². The Morgan fingerprint density at radius 2 is 1.83 bits per heavy atom. The number of benzene rings is 2. The summed E-state index contributed by atoms with van der Waals surface area (Å²) in [6.45, 7) is 0.676. The minimum Gasteiger partial charge on any atom is -0.497 e. The summed E-state index contributed by atoms with van der Waals surface area (Å²) < 4.78 is 5.15. The van der Waals surface area contributed by atoms with E-state index in [2.05, 4.69) is 10.6 Å². The molecule has 0 saturated carbocycles. The topological polar surface area (TPSA) is 114 Å². The van der Waals surface area contributed by atoms with Crippen LogP contribution in [0.3, 0.4) is 0 Å². The Balaban J connectivity index is 1.58. The summed E-state index contributed by atoms with van der Waals surface area (Å²) in [6.07, 6.45) is 0. The van der Waals surface area contributed by atoms with Gasteiger partial charge in [-0.15, -0.1) is 0 Å². The molecule has 29 heavy (non-hydrogen) atoms. The van der Waals surface area contributed by atoms with E-state index >= 15 is 0 Å². The number of non-ortho nitro benzene ring substituents is 1. The molecular weight excluding hydrogens is 376 g/mol. The molecule has 4 rings (SSSR count). The number of nitrogens with zero attached hydrogens (tertiary/aromatic N) is 2. The van der Waals surface area contributed by atoms with Crippen molar-refractivity contribution in [2.45, 2.75) is 12.6 Å². The molecule has 9 nitrogen and oxygen atoms in total. The molecule has 2 aromatic rings. The fourth-order valence-electron chi connectivity index (χ4n) is 3.55. The first-order valence-corrected chi connectivity index (χ1v) is 8.93. The molecule has 148 valence electrons. The van der Waals surface area contributed by atoms with Crippen molar-refractivity contribution in [3.63, 3.8) is 0 Å². The molecule has 3 amide bonds. The highest BCUT2D eigenvalue weighted by atomic mass is 16.6. The monoisotopic (exact) mass is 394 g/mol. The lowest BCUT2D eigenvalue weighted by molar-refractivity contribution is -0.384. The van der Waals surface area contributed by atoms with Gasteiger partial charge in [-0.2, -0.15) is 0 Å². The molecule has 0 spiro atoms. The van der Waals surface area contributed by atoms with Crippen molar-refractivity contribution in [1.29, 1.82) is 0 Å². The van der Waals surface area contributed by atoms with Gasteiger partial charge in [-0.1, -0.05) is 12.1 Å². The first-order chi connectivity index (χ1) is 14.0. The van der Waals surface area contributed by atoms with E-state index in [1.54, 1.807) is 24.1 Å². The number of nitrogens with one attached hydrogen (secondary N) is 2. The number of carbonyl (C=O) groups is 2. The maximum Gasteiger partial charge on any atom is 0.319 e. The maximum absolute atomic E-state index is 13.1. The molecule has 0 aliphatic carbocycles. The van der Waals surface area contributed by atoms with Crippen molar-refractivity contribution in [2.75, 3.05) is 13.7 Å². The van der Waals surface area contributed by atoms with Crippen LogP contribution in [0.4, 0.5) is 10.5 Å². The predicted molar refractivity (Wildman–Crippen MR) is 103 cm³/mol. The van der Waals surface area contributed by atoms with Crippen LogP contribution < -0.4 is 15.4 Å². The van der Waals surface area contributed by atoms with Gasteiger partial charge in [0.15, 0.2) is 0 Å². The first kappa shape index (κ1) is 18.5. The second-order valence-electron chi connectivity index (χ2n) is 6.78. The molecule has 0 aromatic heterocycles. The fraction of sp³-hybridized carbons (Fsp3) is 0.200. The van der Waals surface area contributed by atoms with E-state index in [4.69, 9.17) is 4.74 Å². The van der Waals surface area contributed by atoms with Gasteiger partial charge in [0.25, 0.3) is 11.6 Å². The summed E-state index contributed by atoms with van der Waals surface area (Å²) in [4.78, 5) is 37.2. The standard InChI is InChI=1S/C20H18N4O5/c1-29-15-8-2-12(3-9-15)10-23-11-16-17(19(23)25)18(22-20(26)21-16)13-4-6-14(7-5-13)24(27)28/h2-9,18H,10-11H2,1H3,(H2,21,22,26)/t18-/m0/s1. The third-order valence-electron chi connectivity index (χ3n) is 4.99. The zero-order valence-corrected chi connectivity index (χ0v) is 15.5. The lowest BCUT2D eigenvalue weighted by atomic mass is 9.96. The van der Waals surface area contributed by atoms with E-state index in [9.17, 15) is 19.7 Å². The lowest BCUT2D eigenvalue weighted by Crippen LogP contribution is -2.44. The van der Waals surface area contributed by atoms with Crippen molar-refractivity contribution in [2.24, 2.45) is 0 Å². The summed E-state index contributed by atoms with van der Waals surface area (Å²) in [6, 6.07) is 12.2. The van der Waals surface area contributed by atoms with Gasteiger partial charge in [-0.3, -0.25) is 14.9 Å². The zero-order chi connectivity index (χ0) is 20.5. The summed E-state index contributed by atoms with van der Waals surface area (Å²) in [5.74, 6) is 0.542. The second-order valence-corrected chi connectivity index (χ2v) is 6.78. The van der Waals surface area contributed by atoms with Crippen LogP contribution in [-0.2, 0) is 11.3 Å². The number of nitro groups is 1. The summed E-state index contributed by atoms with van der Waals surface area (Å²) in [5.41, 5.74) is 2.49. The van der Waals surface area contributed by atoms with Crippen molar-refractivity contribution in [3.8, 4) is 5.75 Å². The Morgan fingerprint density at radius 1 is 1.14 bits per heavy atom. The van der Waals surface area contributed by atoms with E-state index in [1.807, 2.05) is 24.3 Å². The van der Waals surface area contributed by atoms with E-state index in [0.717, 1.165) is 11.3 Å². The minimum atomic E-state index is -0.659. The molecule has 2 aromatic carbocycles. The molecule has 0 unspecified atom stereocenters. The molecule has 1 atom stereocenters. The van der Waals surface area contributed by atoms with Crippen molar-refractivity contribution in [1.82, 2.24) is 15.5 Å². The number of methoxy groups -OCH3 is 1. The number of hydrogen-bond donors (Lipinski definition) is 2. The average molecular weight is 394 g/mol. The number of rotatable bonds is 5. The Hall–Kier alpha value is -3.88. The SMILES string of the molecule is COc1ccc(CN2CC3=C(C2=O)[C@H](c2ccc([N+](=O)[O-])cc2)NC(=O)N3)cc1. The number of carbonyl (C=O) groups excluding carboxylic acids is 2. The summed E-state index contributed by atoms with van der Waals surface area (Å²) in [7, 11) is 1.59. The molecule has 9 heteroatoms. The van der Waals surface area contributed by atoms with Crippen molar-refractivity contribution >= 4 is 17.6 Å². The van der Waals surface area contributed by atoms with Gasteiger partial charge < -0.3 is 20.3 Å². The van der Waals surface area contributed by atoms with Crippen LogP contribution >= 0.6 is 0 Å². The van der Waals surface area contributed by atoms with Gasteiger partial charge in [-0.25, -0.2) is 4.79 Å². The Labute approximate surface area is 166 Å². The van der Waals surface area contributed by atoms with E-state index in [1.165, 1.54) is 12.1 Å². The number of ether oxygens (including phenoxy) is 1. The molecule has 0 fully saturated rings. The van der Waals surface area contributed by atoms with Crippen LogP contribution in [0.5, 0.6) is 5.75 Å². The number of hydrogen-bond acceptors (Lipinski definition) is 5. The van der Waals surface area contributed by atoms with Crippen LogP contribution in [0.15, 0.2) is 59.8 Å². The third-order valence-corrected chi connectivity index (χ3v) is 4.99. The molecule has 2 aliphatic rings. The maximum atomic E-state index is 13.1. The van der Waals surface area contributed by atoms with Crippen LogP contribution in [0.2, 0.25) is 0 Å². The second kappa shape index (κ2) is 7.27. The molecular formula is C20H18N4O5. The van der Waals surface area contributed by atoms with E-state index in [0.29, 0.717) is 23.4 Å². The molecule has 2 aliphatic heterocycles.